The number of nitrogens with zero attached hydrogens (tertiary/aromatic N) is 1. The second-order valence-corrected chi connectivity index (χ2v) is 11.4. The zero-order valence-electron chi connectivity index (χ0n) is 24.4. The number of hydrogen-bond donors (Lipinski definition) is 2. The Morgan fingerprint density at radius 2 is 1.66 bits per heavy atom. The fourth-order valence-corrected chi connectivity index (χ4v) is 5.16. The molecular formula is C32H41NO8. The molecule has 1 heterocycles. The summed E-state index contributed by atoms with van der Waals surface area (Å²) in [6, 6.07) is 18.9. The number of piperidine rings is 1. The van der Waals surface area contributed by atoms with Crippen molar-refractivity contribution in [1.29, 1.82) is 0 Å². The van der Waals surface area contributed by atoms with Gasteiger partial charge in [0.05, 0.1) is 52.2 Å². The summed E-state index contributed by atoms with van der Waals surface area (Å²) in [5.74, 6) is 0.601. The highest BCUT2D eigenvalue weighted by Crippen LogP contribution is 2.35. The molecule has 41 heavy (non-hydrogen) atoms. The first-order valence-corrected chi connectivity index (χ1v) is 13.8. The Kier molecular flexibility index (Phi) is 10.1. The smallest absolute Gasteiger partial charge is 0.410 e. The standard InChI is InChI=1S/C32H41NO8/c1-32(2,3)41-31(36)33-16-28(39-18-21-14-23-8-6-7-9-26(23)27(15-21)38-5)30(22-10-12-24(34)13-11-22)29(17-33)40-20-25(35)19-37-4/h6-15,25,28-30,34-35H,16-20H2,1-5H3/t25-,28+,29?,30?/m1/s1. The van der Waals surface area contributed by atoms with Crippen molar-refractivity contribution >= 4 is 16.9 Å². The third-order valence-corrected chi connectivity index (χ3v) is 6.96. The molecule has 0 aliphatic carbocycles. The molecular weight excluding hydrogens is 526 g/mol. The molecule has 4 rings (SSSR count). The summed E-state index contributed by atoms with van der Waals surface area (Å²) >= 11 is 0. The van der Waals surface area contributed by atoms with Crippen LogP contribution in [0.4, 0.5) is 4.79 Å². The van der Waals surface area contributed by atoms with Gasteiger partial charge in [0, 0.05) is 18.4 Å². The summed E-state index contributed by atoms with van der Waals surface area (Å²) in [5, 5.41) is 22.3. The Morgan fingerprint density at radius 3 is 2.32 bits per heavy atom. The maximum absolute atomic E-state index is 13.2. The van der Waals surface area contributed by atoms with Crippen molar-refractivity contribution in [2.24, 2.45) is 0 Å². The lowest BCUT2D eigenvalue weighted by Crippen LogP contribution is -2.55. The molecule has 1 saturated heterocycles. The third-order valence-electron chi connectivity index (χ3n) is 6.96. The molecule has 0 aromatic heterocycles. The number of phenols is 1. The number of likely N-dealkylation sites (tertiary alicyclic amines) is 1. The van der Waals surface area contributed by atoms with Gasteiger partial charge in [0.25, 0.3) is 0 Å². The first-order valence-electron chi connectivity index (χ1n) is 13.8. The molecule has 0 bridgehead atoms. The molecule has 1 aliphatic rings. The Labute approximate surface area is 241 Å². The highest BCUT2D eigenvalue weighted by atomic mass is 16.6. The average molecular weight is 568 g/mol. The number of amides is 1. The summed E-state index contributed by atoms with van der Waals surface area (Å²) in [6.07, 6.45) is -2.30. The Morgan fingerprint density at radius 1 is 0.976 bits per heavy atom. The highest BCUT2D eigenvalue weighted by molar-refractivity contribution is 5.89. The molecule has 3 aromatic rings. The van der Waals surface area contributed by atoms with Crippen LogP contribution >= 0.6 is 0 Å². The van der Waals surface area contributed by atoms with Crippen LogP contribution in [0.15, 0.2) is 60.7 Å². The second kappa shape index (κ2) is 13.5. The van der Waals surface area contributed by atoms with Gasteiger partial charge in [-0.15, -0.1) is 0 Å². The first-order chi connectivity index (χ1) is 19.6. The minimum atomic E-state index is -0.832. The number of aliphatic hydroxyl groups excluding tert-OH is 1. The number of rotatable bonds is 10. The maximum Gasteiger partial charge on any atom is 0.410 e. The number of hydrogen-bond acceptors (Lipinski definition) is 8. The number of carbonyl (C=O) groups is 1. The van der Waals surface area contributed by atoms with Crippen LogP contribution < -0.4 is 4.74 Å². The van der Waals surface area contributed by atoms with Gasteiger partial charge in [0.15, 0.2) is 0 Å². The summed E-state index contributed by atoms with van der Waals surface area (Å²) in [4.78, 5) is 14.8. The van der Waals surface area contributed by atoms with Crippen molar-refractivity contribution in [3.63, 3.8) is 0 Å². The minimum Gasteiger partial charge on any atom is -0.508 e. The predicted molar refractivity (Wildman–Crippen MR) is 155 cm³/mol. The molecule has 0 spiro atoms. The fraction of sp³-hybridized carbons (Fsp3) is 0.469. The number of carbonyl (C=O) groups excluding carboxylic acids is 1. The molecule has 4 atom stereocenters. The van der Waals surface area contributed by atoms with Gasteiger partial charge in [-0.2, -0.15) is 0 Å². The number of benzene rings is 3. The molecule has 2 unspecified atom stereocenters. The van der Waals surface area contributed by atoms with Crippen LogP contribution in [0.25, 0.3) is 10.8 Å². The van der Waals surface area contributed by atoms with Crippen LogP contribution in [-0.4, -0.2) is 85.6 Å². The molecule has 1 amide bonds. The molecule has 9 nitrogen and oxygen atoms in total. The molecule has 1 aliphatic heterocycles. The lowest BCUT2D eigenvalue weighted by atomic mass is 9.84. The number of aliphatic hydroxyl groups is 1. The Hall–Kier alpha value is -3.37. The van der Waals surface area contributed by atoms with Gasteiger partial charge in [0.2, 0.25) is 0 Å². The van der Waals surface area contributed by atoms with E-state index in [0.29, 0.717) is 0 Å². The number of aromatic hydroxyl groups is 1. The van der Waals surface area contributed by atoms with Crippen molar-refractivity contribution in [2.75, 3.05) is 40.5 Å². The zero-order valence-corrected chi connectivity index (χ0v) is 24.4. The quantitative estimate of drug-likeness (QED) is 0.358. The van der Waals surface area contributed by atoms with Crippen LogP contribution in [0, 0.1) is 0 Å². The minimum absolute atomic E-state index is 0.0177. The molecule has 1 fully saturated rings. The summed E-state index contributed by atoms with van der Waals surface area (Å²) in [6.45, 7) is 6.38. The Bertz CT molecular complexity index is 1290. The largest absolute Gasteiger partial charge is 0.508 e. The van der Waals surface area contributed by atoms with Crippen LogP contribution in [-0.2, 0) is 25.6 Å². The summed E-state index contributed by atoms with van der Waals surface area (Å²) < 4.78 is 29.2. The molecule has 0 radical (unpaired) electrons. The molecule has 2 N–H and O–H groups in total. The Balaban J connectivity index is 1.65. The fourth-order valence-electron chi connectivity index (χ4n) is 5.16. The van der Waals surface area contributed by atoms with E-state index in [2.05, 4.69) is 6.07 Å². The van der Waals surface area contributed by atoms with Crippen LogP contribution in [0.5, 0.6) is 11.5 Å². The van der Waals surface area contributed by atoms with Crippen molar-refractivity contribution in [3.05, 3.63) is 71.8 Å². The van der Waals surface area contributed by atoms with Gasteiger partial charge in [-0.25, -0.2) is 4.79 Å². The monoisotopic (exact) mass is 567 g/mol. The van der Waals surface area contributed by atoms with E-state index in [1.54, 1.807) is 24.1 Å². The maximum atomic E-state index is 13.2. The van der Waals surface area contributed by atoms with E-state index < -0.39 is 30.0 Å². The van der Waals surface area contributed by atoms with E-state index >= 15 is 0 Å². The van der Waals surface area contributed by atoms with Crippen molar-refractivity contribution in [1.82, 2.24) is 4.90 Å². The lowest BCUT2D eigenvalue weighted by molar-refractivity contribution is -0.112. The number of ether oxygens (including phenoxy) is 5. The van der Waals surface area contributed by atoms with Crippen LogP contribution in [0.1, 0.15) is 37.8 Å². The molecule has 0 saturated carbocycles. The van der Waals surface area contributed by atoms with E-state index in [1.165, 1.54) is 7.11 Å². The van der Waals surface area contributed by atoms with E-state index in [0.717, 1.165) is 27.6 Å². The van der Waals surface area contributed by atoms with Crippen molar-refractivity contribution < 1.29 is 38.7 Å². The summed E-state index contributed by atoms with van der Waals surface area (Å²) in [5.41, 5.74) is 1.14. The van der Waals surface area contributed by atoms with Gasteiger partial charge >= 0.3 is 6.09 Å². The predicted octanol–water partition coefficient (Wildman–Crippen LogP) is 4.87. The zero-order chi connectivity index (χ0) is 29.6. The van der Waals surface area contributed by atoms with Gasteiger partial charge < -0.3 is 38.8 Å². The summed E-state index contributed by atoms with van der Waals surface area (Å²) in [7, 11) is 3.16. The van der Waals surface area contributed by atoms with Crippen molar-refractivity contribution in [3.8, 4) is 11.5 Å². The van der Waals surface area contributed by atoms with Crippen LogP contribution in [0.2, 0.25) is 0 Å². The van der Waals surface area contributed by atoms with Gasteiger partial charge in [-0.3, -0.25) is 0 Å². The molecule has 222 valence electrons. The molecule has 9 heteroatoms. The number of fused-ring (bicyclic) bond motifs is 1. The first kappa shape index (κ1) is 30.6. The topological polar surface area (TPSA) is 107 Å². The third kappa shape index (κ3) is 8.10. The number of methoxy groups -OCH3 is 2. The average Bonchev–Trinajstić information content (AvgIpc) is 2.94. The lowest BCUT2D eigenvalue weighted by Gasteiger charge is -2.44. The normalized spacial score (nSPS) is 20.1. The van der Waals surface area contributed by atoms with E-state index in [1.807, 2.05) is 63.2 Å². The van der Waals surface area contributed by atoms with Crippen molar-refractivity contribution in [2.45, 2.75) is 57.2 Å². The van der Waals surface area contributed by atoms with Crippen LogP contribution in [0.3, 0.4) is 0 Å². The number of phenolic OH excluding ortho intramolecular Hbond substituents is 1. The molecule has 3 aromatic carbocycles. The van der Waals surface area contributed by atoms with Gasteiger partial charge in [0.1, 0.15) is 23.2 Å². The van der Waals surface area contributed by atoms with E-state index in [-0.39, 0.29) is 44.6 Å². The van der Waals surface area contributed by atoms with E-state index in [4.69, 9.17) is 23.7 Å². The second-order valence-electron chi connectivity index (χ2n) is 11.4. The van der Waals surface area contributed by atoms with Gasteiger partial charge in [-0.1, -0.05) is 36.4 Å². The SMILES string of the molecule is COC[C@@H](O)COC1CN(C(=O)OC(C)(C)C)C[C@H](OCc2cc(OC)c3ccccc3c2)C1c1ccc(O)cc1. The van der Waals surface area contributed by atoms with Gasteiger partial charge in [-0.05, 0) is 61.5 Å². The van der Waals surface area contributed by atoms with E-state index in [9.17, 15) is 15.0 Å². The highest BCUT2D eigenvalue weighted by Gasteiger charge is 2.42.